The second-order valence-electron chi connectivity index (χ2n) is 3.99. The Labute approximate surface area is 113 Å². The molecular weight excluding hydrogens is 274 g/mol. The highest BCUT2D eigenvalue weighted by Gasteiger charge is 2.24. The van der Waals surface area contributed by atoms with Crippen LogP contribution in [0.5, 0.6) is 0 Å². The molecule has 100 valence electrons. The Morgan fingerprint density at radius 1 is 1.37 bits per heavy atom. The maximum atomic E-state index is 13.6. The fourth-order valence-electron chi connectivity index (χ4n) is 1.80. The van der Waals surface area contributed by atoms with Crippen LogP contribution in [0.3, 0.4) is 0 Å². The van der Waals surface area contributed by atoms with Gasteiger partial charge in [-0.2, -0.15) is 5.10 Å². The summed E-state index contributed by atoms with van der Waals surface area (Å²) in [6.45, 7) is 2.34. The van der Waals surface area contributed by atoms with Crippen molar-refractivity contribution in [2.45, 2.75) is 19.9 Å². The van der Waals surface area contributed by atoms with Gasteiger partial charge in [-0.25, -0.2) is 8.78 Å². The highest BCUT2D eigenvalue weighted by Crippen LogP contribution is 2.22. The Bertz CT molecular complexity index is 605. The SMILES string of the molecule is CCCn1ncc(Cl)c1C(=O)c1c(F)cccc1F. The molecule has 2 rings (SSSR count). The van der Waals surface area contributed by atoms with Crippen LogP contribution in [0.25, 0.3) is 0 Å². The minimum Gasteiger partial charge on any atom is -0.287 e. The van der Waals surface area contributed by atoms with Gasteiger partial charge in [0.05, 0.1) is 16.8 Å². The largest absolute Gasteiger partial charge is 0.287 e. The number of carbonyl (C=O) groups is 1. The van der Waals surface area contributed by atoms with Crippen molar-refractivity contribution in [3.05, 3.63) is 52.3 Å². The molecule has 0 saturated heterocycles. The van der Waals surface area contributed by atoms with E-state index >= 15 is 0 Å². The van der Waals surface area contributed by atoms with Crippen molar-refractivity contribution >= 4 is 17.4 Å². The lowest BCUT2D eigenvalue weighted by atomic mass is 10.1. The molecule has 1 heterocycles. The molecule has 0 unspecified atom stereocenters. The zero-order chi connectivity index (χ0) is 14.0. The monoisotopic (exact) mass is 284 g/mol. The lowest BCUT2D eigenvalue weighted by Crippen LogP contribution is -2.14. The van der Waals surface area contributed by atoms with Crippen LogP contribution < -0.4 is 0 Å². The van der Waals surface area contributed by atoms with Gasteiger partial charge in [0.25, 0.3) is 0 Å². The van der Waals surface area contributed by atoms with Gasteiger partial charge in [0, 0.05) is 6.54 Å². The topological polar surface area (TPSA) is 34.9 Å². The summed E-state index contributed by atoms with van der Waals surface area (Å²) in [5.41, 5.74) is -0.602. The van der Waals surface area contributed by atoms with E-state index in [2.05, 4.69) is 5.10 Å². The number of aryl methyl sites for hydroxylation is 1. The summed E-state index contributed by atoms with van der Waals surface area (Å²) in [6, 6.07) is 3.27. The molecule has 0 bridgehead atoms. The summed E-state index contributed by atoms with van der Waals surface area (Å²) >= 11 is 5.88. The predicted molar refractivity (Wildman–Crippen MR) is 67.3 cm³/mol. The quantitative estimate of drug-likeness (QED) is 0.806. The maximum Gasteiger partial charge on any atom is 0.218 e. The van der Waals surface area contributed by atoms with E-state index in [-0.39, 0.29) is 10.7 Å². The van der Waals surface area contributed by atoms with Gasteiger partial charge in [0.15, 0.2) is 0 Å². The van der Waals surface area contributed by atoms with Gasteiger partial charge < -0.3 is 0 Å². The third kappa shape index (κ3) is 2.51. The van der Waals surface area contributed by atoms with E-state index in [0.29, 0.717) is 6.54 Å². The molecule has 0 aliphatic heterocycles. The average Bonchev–Trinajstić information content (AvgIpc) is 2.70. The number of carbonyl (C=O) groups excluding carboxylic acids is 1. The summed E-state index contributed by atoms with van der Waals surface area (Å²) in [7, 11) is 0. The lowest BCUT2D eigenvalue weighted by molar-refractivity contribution is 0.102. The third-order valence-corrected chi connectivity index (χ3v) is 2.91. The minimum absolute atomic E-state index is 0.00696. The molecule has 3 nitrogen and oxygen atoms in total. The lowest BCUT2D eigenvalue weighted by Gasteiger charge is -2.07. The first-order valence-electron chi connectivity index (χ1n) is 5.76. The normalized spacial score (nSPS) is 10.7. The van der Waals surface area contributed by atoms with E-state index in [0.717, 1.165) is 18.6 Å². The van der Waals surface area contributed by atoms with E-state index < -0.39 is 23.0 Å². The molecule has 1 aromatic carbocycles. The van der Waals surface area contributed by atoms with E-state index in [1.54, 1.807) is 0 Å². The second-order valence-corrected chi connectivity index (χ2v) is 4.40. The number of hydrogen-bond acceptors (Lipinski definition) is 2. The van der Waals surface area contributed by atoms with E-state index in [1.807, 2.05) is 6.92 Å². The van der Waals surface area contributed by atoms with E-state index in [1.165, 1.54) is 16.9 Å². The van der Waals surface area contributed by atoms with Crippen molar-refractivity contribution in [3.63, 3.8) is 0 Å². The summed E-state index contributed by atoms with van der Waals surface area (Å²) in [5.74, 6) is -2.62. The molecule has 0 atom stereocenters. The van der Waals surface area contributed by atoms with Crippen LogP contribution in [0.15, 0.2) is 24.4 Å². The molecule has 6 heteroatoms. The van der Waals surface area contributed by atoms with Gasteiger partial charge in [-0.15, -0.1) is 0 Å². The van der Waals surface area contributed by atoms with Crippen molar-refractivity contribution in [2.24, 2.45) is 0 Å². The molecule has 1 aromatic heterocycles. The zero-order valence-electron chi connectivity index (χ0n) is 10.2. The molecule has 0 radical (unpaired) electrons. The summed E-state index contributed by atoms with van der Waals surface area (Å²) in [5, 5.41) is 4.01. The second kappa shape index (κ2) is 5.48. The van der Waals surface area contributed by atoms with Crippen LogP contribution in [0.2, 0.25) is 5.02 Å². The Hall–Kier alpha value is -1.75. The van der Waals surface area contributed by atoms with Crippen LogP contribution in [-0.2, 0) is 6.54 Å². The number of aromatic nitrogens is 2. The van der Waals surface area contributed by atoms with Gasteiger partial charge >= 0.3 is 0 Å². The van der Waals surface area contributed by atoms with Crippen molar-refractivity contribution in [3.8, 4) is 0 Å². The molecular formula is C13H11ClF2N2O. The molecule has 0 aliphatic rings. The van der Waals surface area contributed by atoms with Gasteiger partial charge in [0.2, 0.25) is 5.78 Å². The smallest absolute Gasteiger partial charge is 0.218 e. The fraction of sp³-hybridized carbons (Fsp3) is 0.231. The Morgan fingerprint density at radius 2 is 2.00 bits per heavy atom. The molecule has 0 amide bonds. The molecule has 0 fully saturated rings. The number of benzene rings is 1. The summed E-state index contributed by atoms with van der Waals surface area (Å²) in [6.07, 6.45) is 2.02. The molecule has 0 aliphatic carbocycles. The number of ketones is 1. The van der Waals surface area contributed by atoms with Crippen molar-refractivity contribution < 1.29 is 13.6 Å². The Morgan fingerprint density at radius 3 is 2.58 bits per heavy atom. The van der Waals surface area contributed by atoms with Gasteiger partial charge in [-0.05, 0) is 18.6 Å². The van der Waals surface area contributed by atoms with Crippen molar-refractivity contribution in [1.82, 2.24) is 9.78 Å². The number of nitrogens with zero attached hydrogens (tertiary/aromatic N) is 2. The number of rotatable bonds is 4. The van der Waals surface area contributed by atoms with Crippen LogP contribution in [-0.4, -0.2) is 15.6 Å². The number of halogens is 3. The summed E-state index contributed by atoms with van der Waals surface area (Å²) < 4.78 is 28.6. The predicted octanol–water partition coefficient (Wildman–Crippen LogP) is 3.46. The molecule has 0 saturated carbocycles. The first-order chi connectivity index (χ1) is 9.06. The standard InChI is InChI=1S/C13H11ClF2N2O/c1-2-6-18-12(8(14)7-17-18)13(19)11-9(15)4-3-5-10(11)16/h3-5,7H,2,6H2,1H3. The van der Waals surface area contributed by atoms with E-state index in [9.17, 15) is 13.6 Å². The molecule has 0 spiro atoms. The minimum atomic E-state index is -0.912. The van der Waals surface area contributed by atoms with Crippen LogP contribution in [0, 0.1) is 11.6 Å². The maximum absolute atomic E-state index is 13.6. The zero-order valence-corrected chi connectivity index (χ0v) is 10.9. The molecule has 19 heavy (non-hydrogen) atoms. The fourth-order valence-corrected chi connectivity index (χ4v) is 2.03. The van der Waals surface area contributed by atoms with Crippen LogP contribution in [0.4, 0.5) is 8.78 Å². The first-order valence-corrected chi connectivity index (χ1v) is 6.14. The molecule has 0 N–H and O–H groups in total. The Kier molecular flexibility index (Phi) is 3.95. The summed E-state index contributed by atoms with van der Waals surface area (Å²) in [4.78, 5) is 12.2. The van der Waals surface area contributed by atoms with Crippen LogP contribution in [0.1, 0.15) is 29.4 Å². The van der Waals surface area contributed by atoms with Gasteiger partial charge in [-0.3, -0.25) is 9.48 Å². The van der Waals surface area contributed by atoms with Crippen molar-refractivity contribution in [1.29, 1.82) is 0 Å². The number of hydrogen-bond donors (Lipinski definition) is 0. The van der Waals surface area contributed by atoms with Crippen LogP contribution >= 0.6 is 11.6 Å². The van der Waals surface area contributed by atoms with Gasteiger partial charge in [0.1, 0.15) is 17.3 Å². The highest BCUT2D eigenvalue weighted by molar-refractivity contribution is 6.34. The van der Waals surface area contributed by atoms with Crippen molar-refractivity contribution in [2.75, 3.05) is 0 Å². The molecule has 2 aromatic rings. The van der Waals surface area contributed by atoms with E-state index in [4.69, 9.17) is 11.6 Å². The average molecular weight is 285 g/mol. The Balaban J connectivity index is 2.53. The third-order valence-electron chi connectivity index (χ3n) is 2.64. The first kappa shape index (κ1) is 13.7. The van der Waals surface area contributed by atoms with Gasteiger partial charge in [-0.1, -0.05) is 24.6 Å². The highest BCUT2D eigenvalue weighted by atomic mass is 35.5.